The zero-order valence-corrected chi connectivity index (χ0v) is 12.4. The Morgan fingerprint density at radius 2 is 2.32 bits per heavy atom. The van der Waals surface area contributed by atoms with E-state index in [2.05, 4.69) is 20.8 Å². The molecular weight excluding hydrogens is 313 g/mol. The van der Waals surface area contributed by atoms with Gasteiger partial charge in [0.2, 0.25) is 0 Å². The summed E-state index contributed by atoms with van der Waals surface area (Å²) in [6, 6.07) is 4.95. The van der Waals surface area contributed by atoms with Crippen LogP contribution in [0, 0.1) is 11.2 Å². The number of halogens is 2. The van der Waals surface area contributed by atoms with Gasteiger partial charge in [-0.3, -0.25) is 9.69 Å². The van der Waals surface area contributed by atoms with Gasteiger partial charge in [0.25, 0.3) is 0 Å². The Balaban J connectivity index is 2.10. The molecule has 0 saturated carbocycles. The highest BCUT2D eigenvalue weighted by Gasteiger charge is 2.43. The van der Waals surface area contributed by atoms with Crippen molar-refractivity contribution in [2.75, 3.05) is 13.1 Å². The molecule has 3 nitrogen and oxygen atoms in total. The van der Waals surface area contributed by atoms with E-state index < -0.39 is 11.4 Å². The third kappa shape index (κ3) is 2.82. The summed E-state index contributed by atoms with van der Waals surface area (Å²) < 4.78 is 13.9. The van der Waals surface area contributed by atoms with Crippen molar-refractivity contribution in [2.45, 2.75) is 26.3 Å². The second-order valence-corrected chi connectivity index (χ2v) is 5.91. The number of benzene rings is 1. The fourth-order valence-corrected chi connectivity index (χ4v) is 3.01. The summed E-state index contributed by atoms with van der Waals surface area (Å²) in [7, 11) is 0. The van der Waals surface area contributed by atoms with Crippen molar-refractivity contribution in [1.29, 1.82) is 0 Å². The lowest BCUT2D eigenvalue weighted by molar-refractivity contribution is -0.148. The van der Waals surface area contributed by atoms with Crippen molar-refractivity contribution in [3.05, 3.63) is 34.1 Å². The van der Waals surface area contributed by atoms with Crippen LogP contribution in [0.15, 0.2) is 22.7 Å². The molecule has 0 amide bonds. The maximum atomic E-state index is 13.4. The first kappa shape index (κ1) is 14.5. The SMILES string of the molecule is CCC1(C(=O)O)CCN(Cc2cccc(F)c2Br)C1. The Kier molecular flexibility index (Phi) is 4.26. The minimum absolute atomic E-state index is 0.281. The van der Waals surface area contributed by atoms with Gasteiger partial charge in [0.05, 0.1) is 9.89 Å². The van der Waals surface area contributed by atoms with E-state index in [1.807, 2.05) is 13.0 Å². The Labute approximate surface area is 120 Å². The lowest BCUT2D eigenvalue weighted by atomic mass is 9.84. The monoisotopic (exact) mass is 329 g/mol. The third-order valence-corrected chi connectivity index (χ3v) is 4.88. The third-order valence-electron chi connectivity index (χ3n) is 3.99. The molecule has 1 N–H and O–H groups in total. The van der Waals surface area contributed by atoms with Crippen LogP contribution in [0.4, 0.5) is 4.39 Å². The Morgan fingerprint density at radius 1 is 1.58 bits per heavy atom. The van der Waals surface area contributed by atoms with Crippen molar-refractivity contribution in [3.8, 4) is 0 Å². The van der Waals surface area contributed by atoms with E-state index in [1.54, 1.807) is 6.07 Å². The second kappa shape index (κ2) is 5.59. The molecule has 1 saturated heterocycles. The first-order valence-corrected chi connectivity index (χ1v) is 7.16. The summed E-state index contributed by atoms with van der Waals surface area (Å²) in [6.07, 6.45) is 1.29. The smallest absolute Gasteiger partial charge is 0.310 e. The van der Waals surface area contributed by atoms with Crippen LogP contribution in [0.5, 0.6) is 0 Å². The fourth-order valence-electron chi connectivity index (χ4n) is 2.62. The molecule has 1 unspecified atom stereocenters. The molecule has 0 spiro atoms. The van der Waals surface area contributed by atoms with E-state index in [0.717, 1.165) is 12.1 Å². The van der Waals surface area contributed by atoms with Crippen LogP contribution in [-0.4, -0.2) is 29.1 Å². The number of likely N-dealkylation sites (tertiary alicyclic amines) is 1. The first-order chi connectivity index (χ1) is 8.98. The molecular formula is C14H17BrFNO2. The summed E-state index contributed by atoms with van der Waals surface area (Å²) in [6.45, 7) is 3.76. The zero-order chi connectivity index (χ0) is 14.0. The number of hydrogen-bond donors (Lipinski definition) is 1. The molecule has 1 aliphatic rings. The van der Waals surface area contributed by atoms with E-state index in [0.29, 0.717) is 30.4 Å². The van der Waals surface area contributed by atoms with Crippen molar-refractivity contribution in [2.24, 2.45) is 5.41 Å². The molecule has 5 heteroatoms. The van der Waals surface area contributed by atoms with Gasteiger partial charge in [-0.15, -0.1) is 0 Å². The minimum atomic E-state index is -0.726. The first-order valence-electron chi connectivity index (χ1n) is 6.37. The molecule has 1 aromatic rings. The van der Waals surface area contributed by atoms with Crippen LogP contribution >= 0.6 is 15.9 Å². The molecule has 0 aromatic heterocycles. The normalized spacial score (nSPS) is 23.7. The number of rotatable bonds is 4. The Morgan fingerprint density at radius 3 is 2.89 bits per heavy atom. The number of nitrogens with zero attached hydrogens (tertiary/aromatic N) is 1. The molecule has 1 aliphatic heterocycles. The lowest BCUT2D eigenvalue weighted by Crippen LogP contribution is -2.33. The quantitative estimate of drug-likeness (QED) is 0.921. The Bertz CT molecular complexity index is 494. The predicted octanol–water partition coefficient (Wildman–Crippen LogP) is 3.27. The molecule has 104 valence electrons. The lowest BCUT2D eigenvalue weighted by Gasteiger charge is -2.23. The van der Waals surface area contributed by atoms with Crippen LogP contribution in [0.25, 0.3) is 0 Å². The van der Waals surface area contributed by atoms with Gasteiger partial charge >= 0.3 is 5.97 Å². The number of carbonyl (C=O) groups is 1. The van der Waals surface area contributed by atoms with Crippen LogP contribution in [0.2, 0.25) is 0 Å². The largest absolute Gasteiger partial charge is 0.481 e. The highest BCUT2D eigenvalue weighted by atomic mass is 79.9. The summed E-state index contributed by atoms with van der Waals surface area (Å²) in [4.78, 5) is 13.5. The molecule has 1 fully saturated rings. The average Bonchev–Trinajstić information content (AvgIpc) is 2.80. The van der Waals surface area contributed by atoms with E-state index in [4.69, 9.17) is 0 Å². The van der Waals surface area contributed by atoms with E-state index in [9.17, 15) is 14.3 Å². The highest BCUT2D eigenvalue weighted by Crippen LogP contribution is 2.35. The second-order valence-electron chi connectivity index (χ2n) is 5.11. The molecule has 1 atom stereocenters. The fraction of sp³-hybridized carbons (Fsp3) is 0.500. The molecule has 19 heavy (non-hydrogen) atoms. The number of aliphatic carboxylic acids is 1. The maximum absolute atomic E-state index is 13.4. The Hall–Kier alpha value is -0.940. The minimum Gasteiger partial charge on any atom is -0.481 e. The number of hydrogen-bond acceptors (Lipinski definition) is 2. The van der Waals surface area contributed by atoms with Crippen molar-refractivity contribution in [1.82, 2.24) is 4.90 Å². The standard InChI is InChI=1S/C14H17BrFNO2/c1-2-14(13(18)19)6-7-17(9-14)8-10-4-3-5-11(16)12(10)15/h3-5H,2,6-9H2,1H3,(H,18,19). The van der Waals surface area contributed by atoms with Gasteiger partial charge in [-0.1, -0.05) is 19.1 Å². The van der Waals surface area contributed by atoms with Crippen molar-refractivity contribution < 1.29 is 14.3 Å². The summed E-state index contributed by atoms with van der Waals surface area (Å²) >= 11 is 3.24. The van der Waals surface area contributed by atoms with Gasteiger partial charge in [0, 0.05) is 13.1 Å². The zero-order valence-electron chi connectivity index (χ0n) is 10.8. The van der Waals surface area contributed by atoms with Gasteiger partial charge < -0.3 is 5.11 Å². The predicted molar refractivity (Wildman–Crippen MR) is 74.4 cm³/mol. The van der Waals surface area contributed by atoms with E-state index in [-0.39, 0.29) is 5.82 Å². The molecule has 1 heterocycles. The van der Waals surface area contributed by atoms with Gasteiger partial charge in [0.15, 0.2) is 0 Å². The molecule has 0 aliphatic carbocycles. The van der Waals surface area contributed by atoms with Gasteiger partial charge in [-0.2, -0.15) is 0 Å². The van der Waals surface area contributed by atoms with Crippen LogP contribution in [0.3, 0.4) is 0 Å². The molecule has 0 bridgehead atoms. The molecule has 1 aromatic carbocycles. The van der Waals surface area contributed by atoms with Crippen LogP contribution in [-0.2, 0) is 11.3 Å². The van der Waals surface area contributed by atoms with Crippen LogP contribution < -0.4 is 0 Å². The van der Waals surface area contributed by atoms with E-state index >= 15 is 0 Å². The topological polar surface area (TPSA) is 40.5 Å². The summed E-state index contributed by atoms with van der Waals surface area (Å²) in [5.41, 5.74) is 0.220. The maximum Gasteiger partial charge on any atom is 0.310 e. The average molecular weight is 330 g/mol. The molecule has 2 rings (SSSR count). The van der Waals surface area contributed by atoms with Crippen LogP contribution in [0.1, 0.15) is 25.3 Å². The number of carboxylic acid groups (broad SMARTS) is 1. The van der Waals surface area contributed by atoms with Crippen molar-refractivity contribution >= 4 is 21.9 Å². The molecule has 0 radical (unpaired) electrons. The van der Waals surface area contributed by atoms with Gasteiger partial charge in [-0.25, -0.2) is 4.39 Å². The van der Waals surface area contributed by atoms with Crippen molar-refractivity contribution in [3.63, 3.8) is 0 Å². The number of carboxylic acids is 1. The highest BCUT2D eigenvalue weighted by molar-refractivity contribution is 9.10. The van der Waals surface area contributed by atoms with Gasteiger partial charge in [-0.05, 0) is 46.9 Å². The summed E-state index contributed by atoms with van der Waals surface area (Å²) in [5.74, 6) is -1.01. The summed E-state index contributed by atoms with van der Waals surface area (Å²) in [5, 5.41) is 9.35. The van der Waals surface area contributed by atoms with E-state index in [1.165, 1.54) is 6.07 Å². The van der Waals surface area contributed by atoms with Gasteiger partial charge in [0.1, 0.15) is 5.82 Å².